The summed E-state index contributed by atoms with van der Waals surface area (Å²) in [4.78, 5) is 0. The number of benzene rings is 23. The van der Waals surface area contributed by atoms with Gasteiger partial charge in [0.05, 0.1) is 66.2 Å². The van der Waals surface area contributed by atoms with Crippen LogP contribution in [0.4, 0.5) is 0 Å². The molecule has 0 amide bonds. The van der Waals surface area contributed by atoms with E-state index in [2.05, 4.69) is 549 Å². The van der Waals surface area contributed by atoms with Gasteiger partial charge in [0.15, 0.2) is 0 Å². The second-order valence-corrected chi connectivity index (χ2v) is 39.1. The number of para-hydroxylation sites is 11. The van der Waals surface area contributed by atoms with Gasteiger partial charge >= 0.3 is 0 Å². The fraction of sp³-hybridized carbons (Fsp3) is 0. The van der Waals surface area contributed by atoms with Crippen molar-refractivity contribution in [2.45, 2.75) is 0 Å². The lowest BCUT2D eigenvalue weighted by molar-refractivity contribution is 0.670. The zero-order valence-electron chi connectivity index (χ0n) is 79.3. The van der Waals surface area contributed by atoms with E-state index in [0.29, 0.717) is 0 Å². The number of nitrogens with zero attached hydrogens (tertiary/aromatic N) is 6. The van der Waals surface area contributed by atoms with Crippen LogP contribution in [0, 0.1) is 0 Å². The fourth-order valence-electron chi connectivity index (χ4n) is 23.3. The van der Waals surface area contributed by atoms with Crippen molar-refractivity contribution in [2.24, 2.45) is 0 Å². The average Bonchev–Trinajstić information content (AvgIpc) is 1.58. The van der Waals surface area contributed by atoms with E-state index in [1.54, 1.807) is 0 Å². The van der Waals surface area contributed by atoms with Crippen LogP contribution in [-0.2, 0) is 0 Å². The summed E-state index contributed by atoms with van der Waals surface area (Å²) >= 11 is 1.88. The summed E-state index contributed by atoms with van der Waals surface area (Å²) in [6.45, 7) is 0. The number of hydrogen-bond donors (Lipinski definition) is 0. The molecule has 0 aliphatic rings. The minimum absolute atomic E-state index is 0.917. The molecular weight excluding hydrogens is 1790 g/mol. The molecule has 8 heteroatoms. The molecule has 0 unspecified atom stereocenters. The summed E-state index contributed by atoms with van der Waals surface area (Å²) in [5.74, 6) is 0. The Morgan fingerprint density at radius 2 is 0.370 bits per heavy atom. The molecule has 31 rings (SSSR count). The third-order valence-corrected chi connectivity index (χ3v) is 31.2. The number of hydrogen-bond acceptors (Lipinski definition) is 2. The first-order valence-electron chi connectivity index (χ1n) is 50.0. The van der Waals surface area contributed by atoms with Crippen LogP contribution >= 0.6 is 11.3 Å². The predicted molar refractivity (Wildman–Crippen MR) is 618 cm³/mol. The average molecular weight is 1880 g/mol. The van der Waals surface area contributed by atoms with Crippen LogP contribution in [0.1, 0.15) is 0 Å². The standard InChI is InChI=1S/C48H30N2O.C48H30N2S.C42H28N2/c2*1-2-11-34(12-3-1)49-43-18-7-4-13-37(43)41-29-32(23-27-45(41)49)33-24-28-46-42(30-33)38-14-5-8-19-44(38)50(46)35-25-21-31(22-26-35)36-16-10-17-40-39-15-6-9-20-47(39)51-48(36)40;1-3-11-29(12-4-1)30-19-23-34(24-20-30)44-40-18-10-8-16-36(40)38-28-32(22-26-42(38)44)31-21-25-41-37(27-31)35-15-7-9-17-39(35)43(41)33-13-5-2-6-14-33/h2*1-30H;1-28H. The van der Waals surface area contributed by atoms with E-state index in [0.717, 1.165) is 44.4 Å². The number of fused-ring (bicyclic) bond motifs is 24. The van der Waals surface area contributed by atoms with Gasteiger partial charge in [-0.1, -0.05) is 340 Å². The molecule has 0 bridgehead atoms. The lowest BCUT2D eigenvalue weighted by atomic mass is 10.0. The van der Waals surface area contributed by atoms with Gasteiger partial charge in [-0.2, -0.15) is 0 Å². The maximum atomic E-state index is 6.36. The van der Waals surface area contributed by atoms with Crippen LogP contribution in [0.25, 0.3) is 274 Å². The molecule has 682 valence electrons. The van der Waals surface area contributed by atoms with Gasteiger partial charge in [-0.15, -0.1) is 11.3 Å². The first kappa shape index (κ1) is 83.8. The third kappa shape index (κ3) is 13.8. The van der Waals surface area contributed by atoms with Gasteiger partial charge in [-0.05, 0) is 255 Å². The van der Waals surface area contributed by atoms with Crippen LogP contribution in [0.3, 0.4) is 0 Å². The summed E-state index contributed by atoms with van der Waals surface area (Å²) in [7, 11) is 0. The topological polar surface area (TPSA) is 42.7 Å². The van der Waals surface area contributed by atoms with Crippen LogP contribution in [0.5, 0.6) is 0 Å². The molecule has 0 aliphatic carbocycles. The number of rotatable bonds is 12. The van der Waals surface area contributed by atoms with Crippen molar-refractivity contribution in [3.05, 3.63) is 534 Å². The highest BCUT2D eigenvalue weighted by atomic mass is 32.1. The Morgan fingerprint density at radius 3 is 0.712 bits per heavy atom. The first-order valence-corrected chi connectivity index (χ1v) is 50.8. The van der Waals surface area contributed by atoms with Crippen molar-refractivity contribution in [3.63, 3.8) is 0 Å². The molecule has 0 N–H and O–H groups in total. The highest BCUT2D eigenvalue weighted by molar-refractivity contribution is 7.26. The van der Waals surface area contributed by atoms with Crippen molar-refractivity contribution >= 4 is 184 Å². The van der Waals surface area contributed by atoms with Crippen LogP contribution < -0.4 is 0 Å². The van der Waals surface area contributed by atoms with E-state index < -0.39 is 0 Å². The fourth-order valence-corrected chi connectivity index (χ4v) is 24.5. The molecule has 0 atom stereocenters. The summed E-state index contributed by atoms with van der Waals surface area (Å²) in [5.41, 5.74) is 37.9. The quantitative estimate of drug-likeness (QED) is 0.120. The molecule has 0 radical (unpaired) electrons. The van der Waals surface area contributed by atoms with Gasteiger partial charge in [0, 0.05) is 135 Å². The van der Waals surface area contributed by atoms with Gasteiger partial charge in [0.2, 0.25) is 0 Å². The minimum Gasteiger partial charge on any atom is -0.455 e. The van der Waals surface area contributed by atoms with E-state index in [1.807, 2.05) is 23.5 Å². The Morgan fingerprint density at radius 1 is 0.137 bits per heavy atom. The van der Waals surface area contributed by atoms with Crippen molar-refractivity contribution in [2.75, 3.05) is 0 Å². The van der Waals surface area contributed by atoms with Gasteiger partial charge in [0.1, 0.15) is 11.2 Å². The highest BCUT2D eigenvalue weighted by Gasteiger charge is 2.24. The molecule has 0 saturated carbocycles. The summed E-state index contributed by atoms with van der Waals surface area (Å²) in [6, 6.07) is 193. The van der Waals surface area contributed by atoms with Crippen LogP contribution in [0.2, 0.25) is 0 Å². The molecule has 23 aromatic carbocycles. The molecule has 0 saturated heterocycles. The Hall–Kier alpha value is -19.1. The van der Waals surface area contributed by atoms with Crippen molar-refractivity contribution < 1.29 is 4.42 Å². The maximum Gasteiger partial charge on any atom is 0.143 e. The van der Waals surface area contributed by atoms with Crippen LogP contribution in [-0.4, -0.2) is 27.4 Å². The number of aromatic nitrogens is 6. The number of thiophene rings is 1. The van der Waals surface area contributed by atoms with E-state index in [1.165, 1.54) is 229 Å². The Labute approximate surface area is 844 Å². The van der Waals surface area contributed by atoms with E-state index in [4.69, 9.17) is 4.42 Å². The van der Waals surface area contributed by atoms with Crippen LogP contribution in [0.15, 0.2) is 538 Å². The summed E-state index contributed by atoms with van der Waals surface area (Å²) < 4.78 is 23.3. The zero-order chi connectivity index (χ0) is 96.0. The Bertz CT molecular complexity index is 10200. The van der Waals surface area contributed by atoms with Crippen molar-refractivity contribution in [1.29, 1.82) is 0 Å². The molecule has 8 aromatic heterocycles. The molecular formula is C138H88N6OS. The Balaban J connectivity index is 0.000000104. The smallest absolute Gasteiger partial charge is 0.143 e. The van der Waals surface area contributed by atoms with E-state index in [-0.39, 0.29) is 0 Å². The predicted octanol–water partition coefficient (Wildman–Crippen LogP) is 37.9. The van der Waals surface area contributed by atoms with Gasteiger partial charge in [0.25, 0.3) is 0 Å². The molecule has 146 heavy (non-hydrogen) atoms. The maximum absolute atomic E-state index is 6.36. The lowest BCUT2D eigenvalue weighted by Crippen LogP contribution is -1.94. The van der Waals surface area contributed by atoms with Crippen molar-refractivity contribution in [3.8, 4) is 101 Å². The number of furan rings is 1. The second kappa shape index (κ2) is 34.4. The monoisotopic (exact) mass is 1880 g/mol. The van der Waals surface area contributed by atoms with E-state index in [9.17, 15) is 0 Å². The van der Waals surface area contributed by atoms with E-state index >= 15 is 0 Å². The SMILES string of the molecule is c1ccc(-c2ccc(-n3c4ccccc4c4cc(-c5ccc6c(c5)c5ccccc5n6-c5ccccc5)ccc43)cc2)cc1.c1ccc(-n2c3ccccc3c3cc(-c4ccc5c(c4)c4ccccc4n5-c4ccc(-c5cccc6c5oc5ccccc56)cc4)ccc32)cc1.c1ccc(-n2c3ccccc3c3cc(-c4ccc5c(c4)c4ccccc4n5-c4ccc(-c5cccc6c5sc5ccccc56)cc4)ccc32)cc1. The van der Waals surface area contributed by atoms with Gasteiger partial charge < -0.3 is 31.8 Å². The summed E-state index contributed by atoms with van der Waals surface area (Å²) in [6.07, 6.45) is 0. The zero-order valence-corrected chi connectivity index (χ0v) is 80.1. The lowest BCUT2D eigenvalue weighted by Gasteiger charge is -2.11. The van der Waals surface area contributed by atoms with Gasteiger partial charge in [-0.25, -0.2) is 0 Å². The Kier molecular flexibility index (Phi) is 19.7. The summed E-state index contributed by atoms with van der Waals surface area (Å²) in [5, 5.41) is 20.1. The molecule has 0 aliphatic heterocycles. The minimum atomic E-state index is 0.917. The molecule has 31 aromatic rings. The second-order valence-electron chi connectivity index (χ2n) is 38.1. The normalized spacial score (nSPS) is 11.8. The highest BCUT2D eigenvalue weighted by Crippen LogP contribution is 2.48. The molecule has 0 spiro atoms. The first-order chi connectivity index (χ1) is 72.4. The molecule has 7 nitrogen and oxygen atoms in total. The van der Waals surface area contributed by atoms with Gasteiger partial charge in [-0.3, -0.25) is 0 Å². The largest absolute Gasteiger partial charge is 0.455 e. The molecule has 8 heterocycles. The van der Waals surface area contributed by atoms with Crippen molar-refractivity contribution in [1.82, 2.24) is 27.4 Å². The molecule has 0 fully saturated rings. The third-order valence-electron chi connectivity index (χ3n) is 30.0.